The summed E-state index contributed by atoms with van der Waals surface area (Å²) in [5.41, 5.74) is 0.561. The summed E-state index contributed by atoms with van der Waals surface area (Å²) in [6.45, 7) is 5.18. The van der Waals surface area contributed by atoms with Crippen LogP contribution in [0.4, 0.5) is 13.2 Å². The number of guanidine groups is 1. The van der Waals surface area contributed by atoms with Gasteiger partial charge in [-0.15, -0.1) is 0 Å². The number of hydrogen-bond acceptors (Lipinski definition) is 3. The van der Waals surface area contributed by atoms with Crippen LogP contribution in [0.25, 0.3) is 0 Å². The number of ether oxygens (including phenoxy) is 1. The van der Waals surface area contributed by atoms with Gasteiger partial charge in [-0.05, 0) is 24.3 Å². The molecule has 140 valence electrons. The van der Waals surface area contributed by atoms with Crippen molar-refractivity contribution in [3.63, 3.8) is 0 Å². The van der Waals surface area contributed by atoms with E-state index in [1.54, 1.807) is 19.2 Å². The molecule has 1 fully saturated rings. The molecule has 2 atom stereocenters. The molecular weight excluding hydrogens is 333 g/mol. The number of nitrogens with zero attached hydrogens (tertiary/aromatic N) is 3. The summed E-state index contributed by atoms with van der Waals surface area (Å²) < 4.78 is 41.9. The lowest BCUT2D eigenvalue weighted by Gasteiger charge is -2.37. The van der Waals surface area contributed by atoms with Crippen molar-refractivity contribution in [2.75, 3.05) is 26.7 Å². The highest BCUT2D eigenvalue weighted by atomic mass is 19.4. The molecule has 8 heteroatoms. The predicted octanol–water partition coefficient (Wildman–Crippen LogP) is 3.08. The second-order valence-electron chi connectivity index (χ2n) is 6.62. The molecule has 1 aliphatic heterocycles. The summed E-state index contributed by atoms with van der Waals surface area (Å²) >= 11 is 0. The first-order chi connectivity index (χ1) is 11.8. The van der Waals surface area contributed by atoms with Gasteiger partial charge in [0, 0.05) is 38.4 Å². The van der Waals surface area contributed by atoms with Crippen molar-refractivity contribution in [1.29, 1.82) is 0 Å². The van der Waals surface area contributed by atoms with Gasteiger partial charge in [0.05, 0.1) is 0 Å². The molecule has 2 rings (SSSR count). The Kier molecular flexibility index (Phi) is 6.50. The number of aromatic nitrogens is 1. The van der Waals surface area contributed by atoms with Crippen LogP contribution >= 0.6 is 0 Å². The maximum absolute atomic E-state index is 12.4. The minimum absolute atomic E-state index is 0.0110. The summed E-state index contributed by atoms with van der Waals surface area (Å²) in [7, 11) is 1.70. The third-order valence-electron chi connectivity index (χ3n) is 4.04. The molecule has 2 heterocycles. The zero-order valence-electron chi connectivity index (χ0n) is 14.8. The third-order valence-corrected chi connectivity index (χ3v) is 4.04. The molecular formula is C17H25F3N4O. The van der Waals surface area contributed by atoms with Gasteiger partial charge in [0.1, 0.15) is 0 Å². The summed E-state index contributed by atoms with van der Waals surface area (Å²) in [6, 6.07) is 3.37. The maximum Gasteiger partial charge on any atom is 0.422 e. The van der Waals surface area contributed by atoms with E-state index in [9.17, 15) is 13.2 Å². The Morgan fingerprint density at radius 3 is 2.64 bits per heavy atom. The fourth-order valence-corrected chi connectivity index (χ4v) is 3.18. The number of nitrogens with one attached hydrogen (secondary N) is 1. The number of piperidine rings is 1. The van der Waals surface area contributed by atoms with Gasteiger partial charge in [0.15, 0.2) is 12.6 Å². The molecule has 0 spiro atoms. The minimum atomic E-state index is -4.39. The van der Waals surface area contributed by atoms with E-state index < -0.39 is 12.8 Å². The maximum atomic E-state index is 12.4. The third kappa shape index (κ3) is 6.10. The normalized spacial score (nSPS) is 22.0. The smallest absolute Gasteiger partial charge is 0.422 e. The molecule has 2 unspecified atom stereocenters. The lowest BCUT2D eigenvalue weighted by atomic mass is 9.92. The summed E-state index contributed by atoms with van der Waals surface area (Å²) in [5.74, 6) is 1.88. The SMILES string of the molecule is CN=C(NCc1cccnc1OCC(F)(F)F)N1CC(C)CC(C)C1. The molecule has 1 aromatic heterocycles. The largest absolute Gasteiger partial charge is 0.468 e. The van der Waals surface area contributed by atoms with Crippen LogP contribution in [0.2, 0.25) is 0 Å². The average molecular weight is 358 g/mol. The van der Waals surface area contributed by atoms with Gasteiger partial charge in [0.25, 0.3) is 0 Å². The van der Waals surface area contributed by atoms with Crippen LogP contribution in [-0.2, 0) is 6.54 Å². The fraction of sp³-hybridized carbons (Fsp3) is 0.647. The highest BCUT2D eigenvalue weighted by Gasteiger charge is 2.29. The number of aliphatic imine (C=N–C) groups is 1. The number of alkyl halides is 3. The van der Waals surface area contributed by atoms with Crippen LogP contribution in [0, 0.1) is 11.8 Å². The van der Waals surface area contributed by atoms with Gasteiger partial charge in [-0.1, -0.05) is 19.9 Å². The lowest BCUT2D eigenvalue weighted by Crippen LogP contribution is -2.48. The second-order valence-corrected chi connectivity index (χ2v) is 6.62. The van der Waals surface area contributed by atoms with Crippen LogP contribution < -0.4 is 10.1 Å². The molecule has 0 aromatic carbocycles. The van der Waals surface area contributed by atoms with Crippen molar-refractivity contribution < 1.29 is 17.9 Å². The molecule has 0 bridgehead atoms. The first-order valence-electron chi connectivity index (χ1n) is 8.37. The zero-order valence-corrected chi connectivity index (χ0v) is 14.8. The molecule has 1 aliphatic rings. The van der Waals surface area contributed by atoms with Crippen LogP contribution in [-0.4, -0.2) is 48.8 Å². The Morgan fingerprint density at radius 2 is 2.04 bits per heavy atom. The quantitative estimate of drug-likeness (QED) is 0.664. The Balaban J connectivity index is 2.00. The van der Waals surface area contributed by atoms with E-state index in [0.29, 0.717) is 23.9 Å². The van der Waals surface area contributed by atoms with Crippen molar-refractivity contribution in [1.82, 2.24) is 15.2 Å². The van der Waals surface area contributed by atoms with E-state index in [1.807, 2.05) is 0 Å². The zero-order chi connectivity index (χ0) is 18.4. The topological polar surface area (TPSA) is 49.8 Å². The molecule has 1 aromatic rings. The van der Waals surface area contributed by atoms with E-state index >= 15 is 0 Å². The summed E-state index contributed by atoms with van der Waals surface area (Å²) in [4.78, 5) is 10.4. The number of pyridine rings is 1. The fourth-order valence-electron chi connectivity index (χ4n) is 3.18. The van der Waals surface area contributed by atoms with Gasteiger partial charge in [-0.2, -0.15) is 13.2 Å². The van der Waals surface area contributed by atoms with Gasteiger partial charge in [-0.25, -0.2) is 4.98 Å². The monoisotopic (exact) mass is 358 g/mol. The average Bonchev–Trinajstić information content (AvgIpc) is 2.53. The first-order valence-corrected chi connectivity index (χ1v) is 8.37. The first kappa shape index (κ1) is 19.3. The van der Waals surface area contributed by atoms with Crippen molar-refractivity contribution in [2.45, 2.75) is 33.0 Å². The van der Waals surface area contributed by atoms with E-state index in [-0.39, 0.29) is 5.88 Å². The van der Waals surface area contributed by atoms with Crippen LogP contribution in [0.3, 0.4) is 0 Å². The van der Waals surface area contributed by atoms with E-state index in [1.165, 1.54) is 12.6 Å². The van der Waals surface area contributed by atoms with Crippen molar-refractivity contribution in [3.05, 3.63) is 23.9 Å². The van der Waals surface area contributed by atoms with Crippen molar-refractivity contribution >= 4 is 5.96 Å². The molecule has 1 saturated heterocycles. The lowest BCUT2D eigenvalue weighted by molar-refractivity contribution is -0.154. The van der Waals surface area contributed by atoms with Crippen LogP contribution in [0.5, 0.6) is 5.88 Å². The summed E-state index contributed by atoms with van der Waals surface area (Å²) in [6.07, 6.45) is -1.79. The van der Waals surface area contributed by atoms with Crippen LogP contribution in [0.15, 0.2) is 23.3 Å². The van der Waals surface area contributed by atoms with Gasteiger partial charge < -0.3 is 15.0 Å². The predicted molar refractivity (Wildman–Crippen MR) is 90.5 cm³/mol. The molecule has 5 nitrogen and oxygen atoms in total. The standard InChI is InChI=1S/C17H25F3N4O/c1-12-7-13(2)10-24(9-12)16(21-3)23-8-14-5-4-6-22-15(14)25-11-17(18,19)20/h4-6,12-13H,7-11H2,1-3H3,(H,21,23). The Morgan fingerprint density at radius 1 is 1.36 bits per heavy atom. The summed E-state index contributed by atoms with van der Waals surface area (Å²) in [5, 5.41) is 3.21. The Bertz CT molecular complexity index is 582. The van der Waals surface area contributed by atoms with Crippen molar-refractivity contribution in [3.8, 4) is 5.88 Å². The van der Waals surface area contributed by atoms with Crippen molar-refractivity contribution in [2.24, 2.45) is 16.8 Å². The van der Waals surface area contributed by atoms with E-state index in [2.05, 4.69) is 34.0 Å². The van der Waals surface area contributed by atoms with Gasteiger partial charge in [0.2, 0.25) is 5.88 Å². The highest BCUT2D eigenvalue weighted by molar-refractivity contribution is 5.80. The number of hydrogen-bond donors (Lipinski definition) is 1. The minimum Gasteiger partial charge on any atom is -0.468 e. The number of likely N-dealkylation sites (tertiary alicyclic amines) is 1. The number of rotatable bonds is 4. The second kappa shape index (κ2) is 8.40. The van der Waals surface area contributed by atoms with E-state index in [0.717, 1.165) is 19.0 Å². The molecule has 1 N–H and O–H groups in total. The van der Waals surface area contributed by atoms with Gasteiger partial charge in [-0.3, -0.25) is 4.99 Å². The molecule has 25 heavy (non-hydrogen) atoms. The molecule has 0 aliphatic carbocycles. The molecule has 0 radical (unpaired) electrons. The highest BCUT2D eigenvalue weighted by Crippen LogP contribution is 2.22. The molecule has 0 amide bonds. The van der Waals surface area contributed by atoms with Crippen LogP contribution in [0.1, 0.15) is 25.8 Å². The molecule has 0 saturated carbocycles. The Hall–Kier alpha value is -1.99. The van der Waals surface area contributed by atoms with E-state index in [4.69, 9.17) is 4.74 Å². The van der Waals surface area contributed by atoms with Gasteiger partial charge >= 0.3 is 6.18 Å². The number of halogens is 3. The Labute approximate surface area is 146 Å².